The van der Waals surface area contributed by atoms with E-state index >= 15 is 0 Å². The summed E-state index contributed by atoms with van der Waals surface area (Å²) in [6, 6.07) is 9.60. The number of carbonyl (C=O) groups is 2. The van der Waals surface area contributed by atoms with Crippen molar-refractivity contribution >= 4 is 28.5 Å². The Morgan fingerprint density at radius 2 is 2.04 bits per heavy atom. The molecule has 0 unspecified atom stereocenters. The van der Waals surface area contributed by atoms with E-state index in [0.717, 1.165) is 22.9 Å². The molecule has 4 rings (SSSR count). The second-order valence-electron chi connectivity index (χ2n) is 6.16. The molecule has 0 fully saturated rings. The number of hydrogen-bond donors (Lipinski definition) is 2. The molecule has 0 saturated heterocycles. The van der Waals surface area contributed by atoms with Gasteiger partial charge in [-0.3, -0.25) is 9.59 Å². The molecule has 1 aliphatic rings. The van der Waals surface area contributed by atoms with Gasteiger partial charge in [-0.1, -0.05) is 18.2 Å². The fraction of sp³-hybridized carbons (Fsp3) is 0.105. The zero-order valence-electron chi connectivity index (χ0n) is 13.5. The van der Waals surface area contributed by atoms with Gasteiger partial charge in [-0.2, -0.15) is 0 Å². The quantitative estimate of drug-likeness (QED) is 0.757. The van der Waals surface area contributed by atoms with Crippen molar-refractivity contribution in [2.45, 2.75) is 13.0 Å². The zero-order valence-corrected chi connectivity index (χ0v) is 13.5. The van der Waals surface area contributed by atoms with Crippen LogP contribution in [0.5, 0.6) is 0 Å². The molecule has 1 amide bonds. The first kappa shape index (κ1) is 16.0. The molecule has 6 nitrogen and oxygen atoms in total. The van der Waals surface area contributed by atoms with Crippen LogP contribution in [0.2, 0.25) is 0 Å². The van der Waals surface area contributed by atoms with E-state index in [0.29, 0.717) is 5.52 Å². The molecule has 26 heavy (non-hydrogen) atoms. The number of halogens is 1. The number of nitrogens with one attached hydrogen (secondary N) is 1. The fourth-order valence-electron chi connectivity index (χ4n) is 3.26. The third kappa shape index (κ3) is 2.54. The summed E-state index contributed by atoms with van der Waals surface area (Å²) in [5.41, 5.74) is 1.40. The van der Waals surface area contributed by atoms with Crippen LogP contribution in [0.3, 0.4) is 0 Å². The zero-order chi connectivity index (χ0) is 18.4. The first-order chi connectivity index (χ1) is 12.4. The normalized spacial score (nSPS) is 12.9. The van der Waals surface area contributed by atoms with Crippen molar-refractivity contribution in [2.75, 3.05) is 5.32 Å². The predicted molar refractivity (Wildman–Crippen MR) is 93.0 cm³/mol. The minimum Gasteiger partial charge on any atom is -0.477 e. The highest BCUT2D eigenvalue weighted by atomic mass is 19.1. The van der Waals surface area contributed by atoms with Crippen LogP contribution in [0.4, 0.5) is 10.1 Å². The smallest absolute Gasteiger partial charge is 0.341 e. The largest absolute Gasteiger partial charge is 0.477 e. The van der Waals surface area contributed by atoms with Gasteiger partial charge < -0.3 is 15.0 Å². The van der Waals surface area contributed by atoms with E-state index in [4.69, 9.17) is 0 Å². The summed E-state index contributed by atoms with van der Waals surface area (Å²) in [5.74, 6) is -2.24. The second kappa shape index (κ2) is 5.80. The monoisotopic (exact) mass is 352 g/mol. The molecule has 0 aliphatic carbocycles. The van der Waals surface area contributed by atoms with Crippen LogP contribution in [0.1, 0.15) is 21.5 Å². The molecule has 0 bridgehead atoms. The van der Waals surface area contributed by atoms with E-state index in [-0.39, 0.29) is 24.3 Å². The number of pyridine rings is 1. The maximum absolute atomic E-state index is 14.2. The maximum atomic E-state index is 14.2. The Bertz CT molecular complexity index is 1150. The minimum atomic E-state index is -1.40. The highest BCUT2D eigenvalue weighted by molar-refractivity contribution is 5.99. The molecule has 130 valence electrons. The lowest BCUT2D eigenvalue weighted by Crippen LogP contribution is -2.20. The Morgan fingerprint density at radius 3 is 2.81 bits per heavy atom. The van der Waals surface area contributed by atoms with Crippen molar-refractivity contribution in [3.05, 3.63) is 75.3 Å². The number of hydrogen-bond acceptors (Lipinski definition) is 3. The molecule has 1 aliphatic heterocycles. The molecular weight excluding hydrogens is 339 g/mol. The van der Waals surface area contributed by atoms with Gasteiger partial charge in [0, 0.05) is 18.4 Å². The Labute approximate surface area is 146 Å². The lowest BCUT2D eigenvalue weighted by molar-refractivity contribution is -0.115. The van der Waals surface area contributed by atoms with Crippen LogP contribution in [0, 0.1) is 5.82 Å². The van der Waals surface area contributed by atoms with E-state index in [1.54, 1.807) is 18.2 Å². The van der Waals surface area contributed by atoms with E-state index in [2.05, 4.69) is 5.32 Å². The van der Waals surface area contributed by atoms with Crippen molar-refractivity contribution in [2.24, 2.45) is 0 Å². The van der Waals surface area contributed by atoms with Crippen molar-refractivity contribution in [1.82, 2.24) is 4.57 Å². The average Bonchev–Trinajstić information content (AvgIpc) is 2.96. The summed E-state index contributed by atoms with van der Waals surface area (Å²) in [4.78, 5) is 35.2. The molecule has 2 N–H and O–H groups in total. The van der Waals surface area contributed by atoms with Gasteiger partial charge >= 0.3 is 5.97 Å². The molecule has 0 saturated carbocycles. The van der Waals surface area contributed by atoms with E-state index in [9.17, 15) is 23.9 Å². The molecule has 0 radical (unpaired) electrons. The minimum absolute atomic E-state index is 0.0822. The number of nitrogens with zero attached hydrogens (tertiary/aromatic N) is 1. The van der Waals surface area contributed by atoms with Gasteiger partial charge in [0.15, 0.2) is 0 Å². The predicted octanol–water partition coefficient (Wildman–Crippen LogP) is 2.38. The number of amides is 1. The fourth-order valence-corrected chi connectivity index (χ4v) is 3.26. The Morgan fingerprint density at radius 1 is 1.23 bits per heavy atom. The van der Waals surface area contributed by atoms with Crippen LogP contribution in [0.25, 0.3) is 10.9 Å². The summed E-state index contributed by atoms with van der Waals surface area (Å²) in [6.45, 7) is 0.238. The van der Waals surface area contributed by atoms with Crippen molar-refractivity contribution in [3.63, 3.8) is 0 Å². The number of rotatable bonds is 3. The van der Waals surface area contributed by atoms with Gasteiger partial charge in [0.2, 0.25) is 11.3 Å². The first-order valence-electron chi connectivity index (χ1n) is 7.90. The van der Waals surface area contributed by atoms with Crippen LogP contribution in [-0.2, 0) is 17.8 Å². The molecule has 2 heterocycles. The number of carboxylic acids is 1. The number of carboxylic acid groups (broad SMARTS) is 1. The average molecular weight is 352 g/mol. The van der Waals surface area contributed by atoms with Crippen molar-refractivity contribution in [3.8, 4) is 0 Å². The van der Waals surface area contributed by atoms with Gasteiger partial charge in [-0.25, -0.2) is 9.18 Å². The summed E-state index contributed by atoms with van der Waals surface area (Å²) in [5, 5.41) is 11.8. The second-order valence-corrected chi connectivity index (χ2v) is 6.16. The standard InChI is InChI=1S/C19H13FN2O4/c20-13-2-1-3-15-17(13)18(24)12(19(25)26)9-22(15)8-10-4-5-14-11(6-10)7-16(23)21-14/h1-6,9H,7-8H2,(H,21,23)(H,25,26). The molecule has 1 aromatic heterocycles. The number of carbonyl (C=O) groups excluding carboxylic acids is 1. The topological polar surface area (TPSA) is 88.4 Å². The number of benzene rings is 2. The van der Waals surface area contributed by atoms with Gasteiger partial charge in [0.25, 0.3) is 0 Å². The Hall–Kier alpha value is -3.48. The molecule has 3 aromatic rings. The third-order valence-electron chi connectivity index (χ3n) is 4.44. The highest BCUT2D eigenvalue weighted by Crippen LogP contribution is 2.25. The summed E-state index contributed by atoms with van der Waals surface area (Å²) >= 11 is 0. The molecule has 2 aromatic carbocycles. The Balaban J connectivity index is 1.87. The number of fused-ring (bicyclic) bond motifs is 2. The highest BCUT2D eigenvalue weighted by Gasteiger charge is 2.19. The van der Waals surface area contributed by atoms with E-state index in [1.807, 2.05) is 6.07 Å². The maximum Gasteiger partial charge on any atom is 0.341 e. The van der Waals surface area contributed by atoms with Crippen LogP contribution >= 0.6 is 0 Å². The summed E-state index contributed by atoms with van der Waals surface area (Å²) in [6.07, 6.45) is 1.51. The van der Waals surface area contributed by atoms with E-state index in [1.165, 1.54) is 16.8 Å². The van der Waals surface area contributed by atoms with Crippen molar-refractivity contribution in [1.29, 1.82) is 0 Å². The van der Waals surface area contributed by atoms with Gasteiger partial charge in [-0.15, -0.1) is 0 Å². The van der Waals surface area contributed by atoms with Crippen LogP contribution < -0.4 is 10.7 Å². The summed E-state index contributed by atoms with van der Waals surface area (Å²) in [7, 11) is 0. The lowest BCUT2D eigenvalue weighted by atomic mass is 10.1. The molecular formula is C19H13FN2O4. The third-order valence-corrected chi connectivity index (χ3v) is 4.44. The number of aromatic carboxylic acids is 1. The SMILES string of the molecule is O=C1Cc2cc(Cn3cc(C(=O)O)c(=O)c4c(F)cccc43)ccc2N1. The van der Waals surface area contributed by atoms with E-state index < -0.39 is 22.8 Å². The van der Waals surface area contributed by atoms with Gasteiger partial charge in [0.05, 0.1) is 17.3 Å². The molecule has 7 heteroatoms. The van der Waals surface area contributed by atoms with Crippen LogP contribution in [-0.4, -0.2) is 21.6 Å². The van der Waals surface area contributed by atoms with Crippen molar-refractivity contribution < 1.29 is 19.1 Å². The van der Waals surface area contributed by atoms with Crippen LogP contribution in [0.15, 0.2) is 47.4 Å². The number of anilines is 1. The first-order valence-corrected chi connectivity index (χ1v) is 7.90. The Kier molecular flexibility index (Phi) is 3.57. The van der Waals surface area contributed by atoms with Gasteiger partial charge in [0.1, 0.15) is 11.4 Å². The summed E-state index contributed by atoms with van der Waals surface area (Å²) < 4.78 is 15.7. The van der Waals surface area contributed by atoms with Gasteiger partial charge in [-0.05, 0) is 29.3 Å². The molecule has 0 atom stereocenters. The lowest BCUT2D eigenvalue weighted by Gasteiger charge is -2.13. The molecule has 0 spiro atoms. The number of aromatic nitrogens is 1.